The molecule has 0 fully saturated rings. The number of rotatable bonds is 7. The first-order valence-corrected chi connectivity index (χ1v) is 22.6. The standard InChI is InChI=1S/C60H38N2OS/c1-2-13-39(14-3-1)42-15-12-16-46(35-42)61(44-30-25-40(26-31-44)43-29-34-59-53(36-43)51-20-7-11-24-58(51)64-59)47-37-52(60-54(38-47)50-19-6-10-23-57(50)63-60)41-27-32-45(33-28-41)62-55-21-8-4-17-48(55)49-18-5-9-22-56(49)62/h1-38H. The highest BCUT2D eigenvalue weighted by Gasteiger charge is 2.21. The van der Waals surface area contributed by atoms with E-state index in [-0.39, 0.29) is 0 Å². The number of para-hydroxylation sites is 3. The van der Waals surface area contributed by atoms with Gasteiger partial charge in [-0.2, -0.15) is 0 Å². The molecule has 13 rings (SSSR count). The fourth-order valence-electron chi connectivity index (χ4n) is 9.76. The number of thiophene rings is 1. The van der Waals surface area contributed by atoms with Crippen LogP contribution < -0.4 is 4.90 Å². The lowest BCUT2D eigenvalue weighted by Crippen LogP contribution is -2.10. The van der Waals surface area contributed by atoms with E-state index in [0.29, 0.717) is 0 Å². The van der Waals surface area contributed by atoms with Gasteiger partial charge in [-0.05, 0) is 113 Å². The molecule has 0 saturated carbocycles. The molecule has 0 saturated heterocycles. The first-order chi connectivity index (χ1) is 31.7. The van der Waals surface area contributed by atoms with E-state index in [1.807, 2.05) is 17.4 Å². The van der Waals surface area contributed by atoms with Crippen LogP contribution >= 0.6 is 11.3 Å². The van der Waals surface area contributed by atoms with Crippen LogP contribution in [-0.4, -0.2) is 4.57 Å². The molecule has 3 nitrogen and oxygen atoms in total. The summed E-state index contributed by atoms with van der Waals surface area (Å²) in [6, 6.07) is 83.4. The third-order valence-electron chi connectivity index (χ3n) is 12.8. The zero-order valence-electron chi connectivity index (χ0n) is 34.7. The van der Waals surface area contributed by atoms with Gasteiger partial charge in [0.05, 0.1) is 11.0 Å². The van der Waals surface area contributed by atoms with Crippen molar-refractivity contribution in [1.29, 1.82) is 0 Å². The summed E-state index contributed by atoms with van der Waals surface area (Å²) in [5, 5.41) is 7.28. The van der Waals surface area contributed by atoms with Gasteiger partial charge < -0.3 is 13.9 Å². The fourth-order valence-corrected chi connectivity index (χ4v) is 10.8. The lowest BCUT2D eigenvalue weighted by atomic mass is 9.99. The van der Waals surface area contributed by atoms with Crippen molar-refractivity contribution in [3.63, 3.8) is 0 Å². The molecular weight excluding hydrogens is 797 g/mol. The second kappa shape index (κ2) is 14.7. The Morgan fingerprint density at radius 1 is 0.344 bits per heavy atom. The Kier molecular flexibility index (Phi) is 8.40. The van der Waals surface area contributed by atoms with Crippen LogP contribution in [0, 0.1) is 0 Å². The smallest absolute Gasteiger partial charge is 0.143 e. The minimum Gasteiger partial charge on any atom is -0.455 e. The summed E-state index contributed by atoms with van der Waals surface area (Å²) in [5.41, 5.74) is 15.3. The molecule has 0 bridgehead atoms. The minimum atomic E-state index is 0.871. The van der Waals surface area contributed by atoms with Crippen molar-refractivity contribution in [1.82, 2.24) is 4.57 Å². The van der Waals surface area contributed by atoms with Crippen LogP contribution in [-0.2, 0) is 0 Å². The van der Waals surface area contributed by atoms with Crippen LogP contribution in [0.2, 0.25) is 0 Å². The Bertz CT molecular complexity index is 3840. The van der Waals surface area contributed by atoms with Crippen LogP contribution in [0.3, 0.4) is 0 Å². The van der Waals surface area contributed by atoms with E-state index in [1.165, 1.54) is 58.7 Å². The van der Waals surface area contributed by atoms with Gasteiger partial charge in [0.2, 0.25) is 0 Å². The van der Waals surface area contributed by atoms with Gasteiger partial charge in [0.15, 0.2) is 0 Å². The zero-order chi connectivity index (χ0) is 42.1. The quantitative estimate of drug-likeness (QED) is 0.159. The van der Waals surface area contributed by atoms with Crippen molar-refractivity contribution in [2.45, 2.75) is 0 Å². The number of aromatic nitrogens is 1. The maximum Gasteiger partial charge on any atom is 0.143 e. The topological polar surface area (TPSA) is 21.3 Å². The van der Waals surface area contributed by atoms with Gasteiger partial charge >= 0.3 is 0 Å². The average Bonchev–Trinajstić information content (AvgIpc) is 4.04. The minimum absolute atomic E-state index is 0.871. The third kappa shape index (κ3) is 5.95. The Morgan fingerprint density at radius 2 is 0.938 bits per heavy atom. The Balaban J connectivity index is 0.982. The normalized spacial score (nSPS) is 11.8. The van der Waals surface area contributed by atoms with Crippen LogP contribution in [0.4, 0.5) is 17.1 Å². The number of hydrogen-bond acceptors (Lipinski definition) is 3. The zero-order valence-corrected chi connectivity index (χ0v) is 35.5. The number of nitrogens with zero attached hydrogens (tertiary/aromatic N) is 2. The Labute approximate surface area is 373 Å². The van der Waals surface area contributed by atoms with E-state index in [2.05, 4.69) is 234 Å². The average molecular weight is 835 g/mol. The van der Waals surface area contributed by atoms with Crippen LogP contribution in [0.25, 0.3) is 103 Å². The van der Waals surface area contributed by atoms with Crippen molar-refractivity contribution >= 4 is 92.3 Å². The Morgan fingerprint density at radius 3 is 1.72 bits per heavy atom. The van der Waals surface area contributed by atoms with Gasteiger partial charge in [-0.3, -0.25) is 0 Å². The predicted octanol–water partition coefficient (Wildman–Crippen LogP) is 17.5. The van der Waals surface area contributed by atoms with Gasteiger partial charge in [-0.15, -0.1) is 11.3 Å². The van der Waals surface area contributed by atoms with E-state index in [1.54, 1.807) is 0 Å². The first kappa shape index (κ1) is 36.5. The van der Waals surface area contributed by atoms with E-state index >= 15 is 0 Å². The predicted molar refractivity (Wildman–Crippen MR) is 272 cm³/mol. The molecule has 64 heavy (non-hydrogen) atoms. The van der Waals surface area contributed by atoms with Crippen molar-refractivity contribution in [3.8, 4) is 39.1 Å². The second-order valence-corrected chi connectivity index (χ2v) is 17.6. The molecule has 0 amide bonds. The summed E-state index contributed by atoms with van der Waals surface area (Å²) in [6.45, 7) is 0. The van der Waals surface area contributed by atoms with Gasteiger partial charge in [0, 0.05) is 70.0 Å². The van der Waals surface area contributed by atoms with Gasteiger partial charge in [0.25, 0.3) is 0 Å². The largest absolute Gasteiger partial charge is 0.455 e. The summed E-state index contributed by atoms with van der Waals surface area (Å²) in [7, 11) is 0. The molecule has 10 aromatic carbocycles. The molecule has 0 unspecified atom stereocenters. The summed E-state index contributed by atoms with van der Waals surface area (Å²) in [4.78, 5) is 2.39. The summed E-state index contributed by atoms with van der Waals surface area (Å²) >= 11 is 1.85. The highest BCUT2D eigenvalue weighted by molar-refractivity contribution is 7.25. The Hall–Kier alpha value is -8.18. The van der Waals surface area contributed by atoms with E-state index in [9.17, 15) is 0 Å². The number of anilines is 3. The number of hydrogen-bond donors (Lipinski definition) is 0. The van der Waals surface area contributed by atoms with Crippen molar-refractivity contribution < 1.29 is 4.42 Å². The van der Waals surface area contributed by atoms with Crippen molar-refractivity contribution in [3.05, 3.63) is 231 Å². The van der Waals surface area contributed by atoms with Gasteiger partial charge in [-0.1, -0.05) is 146 Å². The molecule has 3 heterocycles. The van der Waals surface area contributed by atoms with E-state index in [0.717, 1.165) is 61.4 Å². The van der Waals surface area contributed by atoms with E-state index < -0.39 is 0 Å². The first-order valence-electron chi connectivity index (χ1n) is 21.7. The lowest BCUT2D eigenvalue weighted by Gasteiger charge is -2.27. The molecule has 0 aliphatic carbocycles. The number of fused-ring (bicyclic) bond motifs is 9. The summed E-state index contributed by atoms with van der Waals surface area (Å²) in [6.07, 6.45) is 0. The molecule has 4 heteroatoms. The molecule has 0 spiro atoms. The molecule has 0 N–H and O–H groups in total. The van der Waals surface area contributed by atoms with Crippen LogP contribution in [0.15, 0.2) is 235 Å². The highest BCUT2D eigenvalue weighted by atomic mass is 32.1. The molecule has 13 aromatic rings. The fraction of sp³-hybridized carbons (Fsp3) is 0. The molecule has 0 radical (unpaired) electrons. The maximum absolute atomic E-state index is 6.77. The van der Waals surface area contributed by atoms with Crippen molar-refractivity contribution in [2.75, 3.05) is 4.90 Å². The highest BCUT2D eigenvalue weighted by Crippen LogP contribution is 2.45. The number of furan rings is 1. The van der Waals surface area contributed by atoms with E-state index in [4.69, 9.17) is 4.42 Å². The lowest BCUT2D eigenvalue weighted by molar-refractivity contribution is 0.670. The molecule has 0 aliphatic heterocycles. The molecule has 3 aromatic heterocycles. The summed E-state index contributed by atoms with van der Waals surface area (Å²) in [5.74, 6) is 0. The molecule has 300 valence electrons. The van der Waals surface area contributed by atoms with Crippen LogP contribution in [0.5, 0.6) is 0 Å². The van der Waals surface area contributed by atoms with Crippen LogP contribution in [0.1, 0.15) is 0 Å². The molecule has 0 aliphatic rings. The monoisotopic (exact) mass is 834 g/mol. The number of benzene rings is 10. The van der Waals surface area contributed by atoms with Crippen molar-refractivity contribution in [2.24, 2.45) is 0 Å². The maximum atomic E-state index is 6.77. The van der Waals surface area contributed by atoms with Gasteiger partial charge in [-0.25, -0.2) is 0 Å². The third-order valence-corrected chi connectivity index (χ3v) is 13.9. The molecular formula is C60H38N2OS. The summed E-state index contributed by atoms with van der Waals surface area (Å²) < 4.78 is 11.8. The molecule has 0 atom stereocenters. The SMILES string of the molecule is c1ccc(-c2cccc(N(c3ccc(-c4ccc5sc6ccccc6c5c4)cc3)c3cc(-c4ccc(-n5c6ccccc6c6ccccc65)cc4)c4oc5ccccc5c4c3)c2)cc1. The van der Waals surface area contributed by atoms with Gasteiger partial charge in [0.1, 0.15) is 11.2 Å². The second-order valence-electron chi connectivity index (χ2n) is 16.5.